The Bertz CT molecular complexity index is 775. The Hall–Kier alpha value is -2.44. The quantitative estimate of drug-likeness (QED) is 0.790. The maximum Gasteiger partial charge on any atom is 0.222 e. The number of aryl methyl sites for hydroxylation is 1. The lowest BCUT2D eigenvalue weighted by Crippen LogP contribution is -2.07. The van der Waals surface area contributed by atoms with Crippen molar-refractivity contribution in [2.45, 2.75) is 39.7 Å². The topological polar surface area (TPSA) is 95.6 Å². The van der Waals surface area contributed by atoms with Crippen LogP contribution in [0.2, 0.25) is 0 Å². The lowest BCUT2D eigenvalue weighted by atomic mass is 10.2. The minimum absolute atomic E-state index is 0.247. The molecular formula is C14H18N6O. The van der Waals surface area contributed by atoms with E-state index in [9.17, 15) is 0 Å². The molecule has 0 aliphatic rings. The number of fused-ring (bicyclic) bond motifs is 1. The van der Waals surface area contributed by atoms with Gasteiger partial charge in [0, 0.05) is 19.2 Å². The molecule has 21 heavy (non-hydrogen) atoms. The molecule has 0 amide bonds. The van der Waals surface area contributed by atoms with Gasteiger partial charge in [-0.2, -0.15) is 5.10 Å². The van der Waals surface area contributed by atoms with E-state index in [4.69, 9.17) is 10.2 Å². The van der Waals surface area contributed by atoms with Crippen molar-refractivity contribution in [3.8, 4) is 0 Å². The Kier molecular flexibility index (Phi) is 3.32. The zero-order valence-corrected chi connectivity index (χ0v) is 12.4. The summed E-state index contributed by atoms with van der Waals surface area (Å²) in [7, 11) is 0. The highest BCUT2D eigenvalue weighted by atomic mass is 16.4. The summed E-state index contributed by atoms with van der Waals surface area (Å²) in [5.41, 5.74) is 9.27. The molecule has 2 N–H and O–H groups in total. The average molecular weight is 286 g/mol. The normalized spacial score (nSPS) is 12.9. The van der Waals surface area contributed by atoms with E-state index in [-0.39, 0.29) is 6.04 Å². The number of anilines is 1. The molecule has 0 spiro atoms. The molecule has 7 heteroatoms. The maximum absolute atomic E-state index is 6.11. The lowest BCUT2D eigenvalue weighted by molar-refractivity contribution is 0.467. The zero-order valence-electron chi connectivity index (χ0n) is 12.4. The van der Waals surface area contributed by atoms with Crippen LogP contribution in [0.1, 0.15) is 43.8 Å². The fraction of sp³-hybridized carbons (Fsp3) is 0.429. The average Bonchev–Trinajstić information content (AvgIpc) is 3.04. The van der Waals surface area contributed by atoms with E-state index >= 15 is 0 Å². The largest absolute Gasteiger partial charge is 0.425 e. The molecule has 0 aliphatic heterocycles. The summed E-state index contributed by atoms with van der Waals surface area (Å²) < 4.78 is 7.37. The fourth-order valence-electron chi connectivity index (χ4n) is 2.31. The molecule has 0 radical (unpaired) electrons. The highest BCUT2D eigenvalue weighted by molar-refractivity contribution is 5.88. The first kappa shape index (κ1) is 13.5. The molecule has 3 aromatic heterocycles. The van der Waals surface area contributed by atoms with Gasteiger partial charge in [-0.1, -0.05) is 6.92 Å². The number of pyridine rings is 1. The molecular weight excluding hydrogens is 268 g/mol. The third-order valence-electron chi connectivity index (χ3n) is 3.58. The summed E-state index contributed by atoms with van der Waals surface area (Å²) in [5.74, 6) is 1.08. The van der Waals surface area contributed by atoms with Crippen LogP contribution >= 0.6 is 0 Å². The van der Waals surface area contributed by atoms with Crippen LogP contribution < -0.4 is 5.73 Å². The van der Waals surface area contributed by atoms with Gasteiger partial charge < -0.3 is 10.2 Å². The van der Waals surface area contributed by atoms with Gasteiger partial charge in [0.1, 0.15) is 11.0 Å². The van der Waals surface area contributed by atoms with E-state index in [1.54, 1.807) is 19.2 Å². The van der Waals surface area contributed by atoms with E-state index in [1.807, 2.05) is 4.68 Å². The summed E-state index contributed by atoms with van der Waals surface area (Å²) in [5, 5.41) is 12.5. The molecule has 0 saturated carbocycles. The predicted molar refractivity (Wildman–Crippen MR) is 78.8 cm³/mol. The first-order valence-corrected chi connectivity index (χ1v) is 7.00. The summed E-state index contributed by atoms with van der Waals surface area (Å²) in [4.78, 5) is 4.43. The molecule has 0 fully saturated rings. The molecule has 0 aromatic carbocycles. The Balaban J connectivity index is 2.12. The second-order valence-electron chi connectivity index (χ2n) is 5.14. The van der Waals surface area contributed by atoms with Crippen LogP contribution in [-0.2, 0) is 6.42 Å². The number of aromatic nitrogens is 5. The van der Waals surface area contributed by atoms with Crippen molar-refractivity contribution in [2.24, 2.45) is 0 Å². The molecule has 0 saturated heterocycles. The Morgan fingerprint density at radius 1 is 1.38 bits per heavy atom. The second-order valence-corrected chi connectivity index (χ2v) is 5.14. The molecule has 110 valence electrons. The van der Waals surface area contributed by atoms with Gasteiger partial charge in [0.15, 0.2) is 0 Å². The van der Waals surface area contributed by atoms with Crippen molar-refractivity contribution >= 4 is 16.7 Å². The first-order valence-electron chi connectivity index (χ1n) is 7.00. The number of nitrogens with zero attached hydrogens (tertiary/aromatic N) is 5. The third kappa shape index (κ3) is 2.35. The Labute approximate surface area is 122 Å². The third-order valence-corrected chi connectivity index (χ3v) is 3.58. The Morgan fingerprint density at radius 3 is 2.86 bits per heavy atom. The van der Waals surface area contributed by atoms with E-state index < -0.39 is 0 Å². The smallest absolute Gasteiger partial charge is 0.222 e. The summed E-state index contributed by atoms with van der Waals surface area (Å²) in [6, 6.07) is 2.04. The van der Waals surface area contributed by atoms with Crippen molar-refractivity contribution in [3.05, 3.63) is 29.7 Å². The molecule has 0 aliphatic carbocycles. The van der Waals surface area contributed by atoms with Crippen molar-refractivity contribution in [1.29, 1.82) is 0 Å². The highest BCUT2D eigenvalue weighted by Gasteiger charge is 2.19. The summed E-state index contributed by atoms with van der Waals surface area (Å²) >= 11 is 0. The van der Waals surface area contributed by atoms with Gasteiger partial charge in [-0.15, -0.1) is 10.2 Å². The summed E-state index contributed by atoms with van der Waals surface area (Å²) in [6.45, 7) is 5.99. The maximum atomic E-state index is 6.11. The van der Waals surface area contributed by atoms with Gasteiger partial charge in [0.05, 0.1) is 17.8 Å². The van der Waals surface area contributed by atoms with Crippen LogP contribution in [0.5, 0.6) is 0 Å². The summed E-state index contributed by atoms with van der Waals surface area (Å²) in [6.07, 6.45) is 3.12. The Morgan fingerprint density at radius 2 is 2.19 bits per heavy atom. The van der Waals surface area contributed by atoms with Crippen molar-refractivity contribution < 1.29 is 4.42 Å². The van der Waals surface area contributed by atoms with Gasteiger partial charge >= 0.3 is 0 Å². The zero-order chi connectivity index (χ0) is 15.0. The van der Waals surface area contributed by atoms with Crippen molar-refractivity contribution in [3.63, 3.8) is 0 Å². The van der Waals surface area contributed by atoms with Gasteiger partial charge in [0.25, 0.3) is 0 Å². The van der Waals surface area contributed by atoms with Gasteiger partial charge in [-0.3, -0.25) is 9.67 Å². The van der Waals surface area contributed by atoms with E-state index in [1.165, 1.54) is 0 Å². The van der Waals surface area contributed by atoms with Crippen LogP contribution in [-0.4, -0.2) is 25.0 Å². The van der Waals surface area contributed by atoms with Gasteiger partial charge in [-0.05, 0) is 19.4 Å². The number of hydrogen-bond donors (Lipinski definition) is 1. The molecule has 3 heterocycles. The van der Waals surface area contributed by atoms with Crippen LogP contribution in [0.25, 0.3) is 11.0 Å². The number of nitrogen functional groups attached to an aromatic ring is 1. The molecule has 3 aromatic rings. The van der Waals surface area contributed by atoms with Crippen molar-refractivity contribution in [2.75, 3.05) is 5.73 Å². The number of hydrogen-bond acceptors (Lipinski definition) is 6. The lowest BCUT2D eigenvalue weighted by Gasteiger charge is -2.11. The monoisotopic (exact) mass is 286 g/mol. The van der Waals surface area contributed by atoms with E-state index in [0.717, 1.165) is 23.1 Å². The van der Waals surface area contributed by atoms with E-state index in [2.05, 4.69) is 34.1 Å². The molecule has 0 bridgehead atoms. The van der Waals surface area contributed by atoms with Crippen LogP contribution in [0.3, 0.4) is 0 Å². The predicted octanol–water partition coefficient (Wildman–Crippen LogP) is 2.27. The van der Waals surface area contributed by atoms with Gasteiger partial charge in [0.2, 0.25) is 11.8 Å². The standard InChI is InChI=1S/C14H18N6O/c1-4-8(2)20-14-10(15)5-6-16-13(14)11(19-20)7-12-18-17-9(3)21-12/h5-6,8H,4,7H2,1-3H3,(H2,15,16). The number of nitrogens with two attached hydrogens (primary N) is 1. The van der Waals surface area contributed by atoms with Crippen LogP contribution in [0, 0.1) is 6.92 Å². The molecule has 3 rings (SSSR count). The van der Waals surface area contributed by atoms with Crippen LogP contribution in [0.4, 0.5) is 5.69 Å². The number of rotatable bonds is 4. The minimum atomic E-state index is 0.247. The van der Waals surface area contributed by atoms with E-state index in [0.29, 0.717) is 23.9 Å². The fourth-order valence-corrected chi connectivity index (χ4v) is 2.31. The first-order chi connectivity index (χ1) is 10.1. The second kappa shape index (κ2) is 5.16. The molecule has 1 unspecified atom stereocenters. The van der Waals surface area contributed by atoms with Crippen LogP contribution in [0.15, 0.2) is 16.7 Å². The highest BCUT2D eigenvalue weighted by Crippen LogP contribution is 2.27. The molecule has 1 atom stereocenters. The molecule has 7 nitrogen and oxygen atoms in total. The van der Waals surface area contributed by atoms with Crippen molar-refractivity contribution in [1.82, 2.24) is 25.0 Å². The SMILES string of the molecule is CCC(C)n1nc(Cc2nnc(C)o2)c2nccc(N)c21. The van der Waals surface area contributed by atoms with Gasteiger partial charge in [-0.25, -0.2) is 0 Å². The minimum Gasteiger partial charge on any atom is -0.425 e.